The van der Waals surface area contributed by atoms with Gasteiger partial charge in [-0.2, -0.15) is 0 Å². The molecule has 3 aliphatic carbocycles. The second-order valence-corrected chi connectivity index (χ2v) is 12.2. The van der Waals surface area contributed by atoms with E-state index >= 15 is 0 Å². The molecule has 0 amide bonds. The Morgan fingerprint density at radius 3 is 0.625 bits per heavy atom. The molecule has 0 aromatic carbocycles. The van der Waals surface area contributed by atoms with Crippen LogP contribution in [0.1, 0.15) is 173 Å². The Morgan fingerprint density at radius 1 is 0.281 bits per heavy atom. The monoisotopic (exact) mass is 445 g/mol. The minimum atomic E-state index is 0.123. The summed E-state index contributed by atoms with van der Waals surface area (Å²) in [5, 5.41) is 0. The number of nitrogens with two attached hydrogens (primary N) is 1. The van der Waals surface area contributed by atoms with E-state index in [0.717, 1.165) is 17.8 Å². The maximum Gasteiger partial charge on any atom is 0.0240 e. The van der Waals surface area contributed by atoms with Crippen molar-refractivity contribution in [2.75, 3.05) is 0 Å². The summed E-state index contributed by atoms with van der Waals surface area (Å²) in [6, 6.07) is 0. The van der Waals surface area contributed by atoms with Gasteiger partial charge in [-0.25, -0.2) is 0 Å². The van der Waals surface area contributed by atoms with Crippen molar-refractivity contribution in [2.24, 2.45) is 23.5 Å². The van der Waals surface area contributed by atoms with Crippen molar-refractivity contribution in [3.05, 3.63) is 0 Å². The molecule has 0 aliphatic heterocycles. The molecule has 1 heteroatoms. The van der Waals surface area contributed by atoms with Gasteiger partial charge in [-0.15, -0.1) is 0 Å². The fourth-order valence-electron chi connectivity index (χ4n) is 7.93. The molecule has 0 unspecified atom stereocenters. The fourth-order valence-corrected chi connectivity index (χ4v) is 7.93. The van der Waals surface area contributed by atoms with Crippen LogP contribution in [0.4, 0.5) is 0 Å². The fraction of sp³-hybridized carbons (Fsp3) is 1.00. The Balaban J connectivity index is 1.83. The molecule has 3 rings (SSSR count). The summed E-state index contributed by atoms with van der Waals surface area (Å²) in [6.45, 7) is 0. The highest BCUT2D eigenvalue weighted by Crippen LogP contribution is 2.46. The molecule has 2 N–H and O–H groups in total. The SMILES string of the molecule is NC(C1CCCCCCCCC1)(C1CCCCCCCCC1)C1CCCCCCCCC1. The predicted octanol–water partition coefficient (Wildman–Crippen LogP) is 10.1. The Hall–Kier alpha value is -0.0400. The van der Waals surface area contributed by atoms with E-state index in [9.17, 15) is 0 Å². The highest BCUT2D eigenvalue weighted by atomic mass is 14.8. The lowest BCUT2D eigenvalue weighted by molar-refractivity contribution is 0.0517. The molecule has 0 heterocycles. The third kappa shape index (κ3) is 8.63. The van der Waals surface area contributed by atoms with Crippen LogP contribution < -0.4 is 5.73 Å². The highest BCUT2D eigenvalue weighted by Gasteiger charge is 2.46. The molecule has 0 aromatic heterocycles. The van der Waals surface area contributed by atoms with Crippen LogP contribution in [0.2, 0.25) is 0 Å². The third-order valence-corrected chi connectivity index (χ3v) is 9.94. The Morgan fingerprint density at radius 2 is 0.438 bits per heavy atom. The molecule has 32 heavy (non-hydrogen) atoms. The van der Waals surface area contributed by atoms with E-state index in [1.165, 1.54) is 173 Å². The molecule has 3 aliphatic rings. The number of rotatable bonds is 3. The van der Waals surface area contributed by atoms with Crippen LogP contribution in [0.15, 0.2) is 0 Å². The molecule has 0 aromatic rings. The van der Waals surface area contributed by atoms with E-state index in [0.29, 0.717) is 0 Å². The van der Waals surface area contributed by atoms with Crippen molar-refractivity contribution >= 4 is 0 Å². The van der Waals surface area contributed by atoms with E-state index < -0.39 is 0 Å². The maximum atomic E-state index is 7.95. The first-order chi connectivity index (χ1) is 15.8. The molecule has 3 fully saturated rings. The number of hydrogen-bond acceptors (Lipinski definition) is 1. The van der Waals surface area contributed by atoms with E-state index in [1.807, 2.05) is 0 Å². The minimum Gasteiger partial charge on any atom is -0.324 e. The van der Waals surface area contributed by atoms with Crippen LogP contribution in [0.5, 0.6) is 0 Å². The Kier molecular flexibility index (Phi) is 13.1. The summed E-state index contributed by atoms with van der Waals surface area (Å²) >= 11 is 0. The summed E-state index contributed by atoms with van der Waals surface area (Å²) in [6.07, 6.45) is 39.3. The summed E-state index contributed by atoms with van der Waals surface area (Å²) in [5.74, 6) is 2.38. The smallest absolute Gasteiger partial charge is 0.0240 e. The quantitative estimate of drug-likeness (QED) is 0.459. The normalized spacial score (nSPS) is 26.9. The van der Waals surface area contributed by atoms with Crippen molar-refractivity contribution in [1.29, 1.82) is 0 Å². The average molecular weight is 446 g/mol. The van der Waals surface area contributed by atoms with Gasteiger partial charge in [-0.3, -0.25) is 0 Å². The zero-order valence-electron chi connectivity index (χ0n) is 21.9. The number of hydrogen-bond donors (Lipinski definition) is 1. The molecule has 0 saturated heterocycles. The van der Waals surface area contributed by atoms with Gasteiger partial charge in [0.05, 0.1) is 0 Å². The first-order valence-electron chi connectivity index (χ1n) is 15.6. The second kappa shape index (κ2) is 15.8. The van der Waals surface area contributed by atoms with Gasteiger partial charge in [0.25, 0.3) is 0 Å². The summed E-state index contributed by atoms with van der Waals surface area (Å²) < 4.78 is 0. The zero-order valence-corrected chi connectivity index (χ0v) is 21.9. The molecule has 188 valence electrons. The maximum absolute atomic E-state index is 7.95. The van der Waals surface area contributed by atoms with Crippen LogP contribution in [0.3, 0.4) is 0 Å². The van der Waals surface area contributed by atoms with E-state index in [4.69, 9.17) is 5.73 Å². The van der Waals surface area contributed by atoms with Crippen LogP contribution in [0, 0.1) is 17.8 Å². The lowest BCUT2D eigenvalue weighted by Gasteiger charge is -2.50. The van der Waals surface area contributed by atoms with Gasteiger partial charge in [0.15, 0.2) is 0 Å². The van der Waals surface area contributed by atoms with Gasteiger partial charge in [-0.05, 0) is 56.3 Å². The van der Waals surface area contributed by atoms with Gasteiger partial charge in [0, 0.05) is 5.54 Å². The van der Waals surface area contributed by atoms with Crippen molar-refractivity contribution in [2.45, 2.75) is 179 Å². The molecule has 1 nitrogen and oxygen atoms in total. The van der Waals surface area contributed by atoms with Crippen LogP contribution in [-0.4, -0.2) is 5.54 Å². The minimum absolute atomic E-state index is 0.123. The van der Waals surface area contributed by atoms with E-state index in [-0.39, 0.29) is 5.54 Å². The van der Waals surface area contributed by atoms with Crippen molar-refractivity contribution in [3.8, 4) is 0 Å². The topological polar surface area (TPSA) is 26.0 Å². The van der Waals surface area contributed by atoms with Gasteiger partial charge in [-0.1, -0.05) is 135 Å². The Bertz CT molecular complexity index is 363. The summed E-state index contributed by atoms with van der Waals surface area (Å²) in [4.78, 5) is 0. The molecule has 3 saturated carbocycles. The molecular weight excluding hydrogens is 386 g/mol. The van der Waals surface area contributed by atoms with Crippen molar-refractivity contribution in [3.63, 3.8) is 0 Å². The second-order valence-electron chi connectivity index (χ2n) is 12.2. The van der Waals surface area contributed by atoms with Crippen LogP contribution in [-0.2, 0) is 0 Å². The largest absolute Gasteiger partial charge is 0.324 e. The van der Waals surface area contributed by atoms with Gasteiger partial charge >= 0.3 is 0 Å². The van der Waals surface area contributed by atoms with E-state index in [1.54, 1.807) is 0 Å². The van der Waals surface area contributed by atoms with Crippen LogP contribution >= 0.6 is 0 Å². The molecule has 0 bridgehead atoms. The van der Waals surface area contributed by atoms with Crippen molar-refractivity contribution in [1.82, 2.24) is 0 Å². The lowest BCUT2D eigenvalue weighted by Crippen LogP contribution is -2.59. The predicted molar refractivity (Wildman–Crippen MR) is 142 cm³/mol. The standard InChI is InChI=1S/C31H59N/c32-31(28-22-16-10-4-1-5-11-17-23-28,29-24-18-12-6-2-7-13-19-25-29)30-26-20-14-8-3-9-15-21-27-30/h28-30H,1-27,32H2. The lowest BCUT2D eigenvalue weighted by atomic mass is 9.59. The summed E-state index contributed by atoms with van der Waals surface area (Å²) in [7, 11) is 0. The van der Waals surface area contributed by atoms with Gasteiger partial charge in [0.2, 0.25) is 0 Å². The molecule has 0 atom stereocenters. The van der Waals surface area contributed by atoms with Gasteiger partial charge in [0.1, 0.15) is 0 Å². The van der Waals surface area contributed by atoms with E-state index in [2.05, 4.69) is 0 Å². The average Bonchev–Trinajstić information content (AvgIpc) is 2.83. The first kappa shape index (κ1) is 26.6. The molecular formula is C31H59N. The summed E-state index contributed by atoms with van der Waals surface area (Å²) in [5.41, 5.74) is 8.08. The first-order valence-corrected chi connectivity index (χ1v) is 15.6. The molecule has 0 radical (unpaired) electrons. The Labute approximate surface area is 202 Å². The van der Waals surface area contributed by atoms with Gasteiger partial charge < -0.3 is 5.73 Å². The van der Waals surface area contributed by atoms with Crippen molar-refractivity contribution < 1.29 is 0 Å². The zero-order chi connectivity index (χ0) is 22.3. The van der Waals surface area contributed by atoms with Crippen LogP contribution in [0.25, 0.3) is 0 Å². The molecule has 0 spiro atoms. The highest BCUT2D eigenvalue weighted by molar-refractivity contribution is 5.02. The third-order valence-electron chi connectivity index (χ3n) is 9.94.